The Morgan fingerprint density at radius 1 is 1.40 bits per heavy atom. The van der Waals surface area contributed by atoms with Gasteiger partial charge in [0.05, 0.1) is 0 Å². The highest BCUT2D eigenvalue weighted by Crippen LogP contribution is 2.24. The lowest BCUT2D eigenvalue weighted by Gasteiger charge is -2.31. The van der Waals surface area contributed by atoms with Crippen LogP contribution in [0.4, 0.5) is 0 Å². The Labute approximate surface area is 92.0 Å². The normalized spacial score (nSPS) is 24.9. The number of rotatable bonds is 4. The summed E-state index contributed by atoms with van der Waals surface area (Å²) in [7, 11) is 0. The van der Waals surface area contributed by atoms with Crippen molar-refractivity contribution in [2.45, 2.75) is 32.6 Å². The molecule has 0 aromatic heterocycles. The predicted molar refractivity (Wildman–Crippen MR) is 60.5 cm³/mol. The average molecular weight is 210 g/mol. The first-order chi connectivity index (χ1) is 7.27. The Balaban J connectivity index is 1.66. The lowest BCUT2D eigenvalue weighted by molar-refractivity contribution is -0.126. The molecule has 0 spiro atoms. The fraction of sp³-hybridized carbons (Fsp3) is 0.917. The summed E-state index contributed by atoms with van der Waals surface area (Å²) in [6.07, 6.45) is 5.31. The number of hydrogen-bond acceptors (Lipinski definition) is 2. The van der Waals surface area contributed by atoms with Gasteiger partial charge in [-0.2, -0.15) is 0 Å². The number of nitrogens with one attached hydrogen (secondary N) is 2. The van der Waals surface area contributed by atoms with Gasteiger partial charge in [0.15, 0.2) is 0 Å². The molecule has 0 radical (unpaired) electrons. The van der Waals surface area contributed by atoms with E-state index in [1.807, 2.05) is 0 Å². The summed E-state index contributed by atoms with van der Waals surface area (Å²) in [4.78, 5) is 11.8. The molecular formula is C12H22N2O. The quantitative estimate of drug-likeness (QED) is 0.731. The van der Waals surface area contributed by atoms with Crippen LogP contribution in [0.5, 0.6) is 0 Å². The van der Waals surface area contributed by atoms with Crippen molar-refractivity contribution in [2.75, 3.05) is 19.6 Å². The van der Waals surface area contributed by atoms with E-state index in [4.69, 9.17) is 0 Å². The second kappa shape index (κ2) is 4.97. The van der Waals surface area contributed by atoms with E-state index in [1.54, 1.807) is 0 Å². The zero-order chi connectivity index (χ0) is 10.7. The molecule has 0 aromatic rings. The summed E-state index contributed by atoms with van der Waals surface area (Å²) >= 11 is 0. The van der Waals surface area contributed by atoms with Gasteiger partial charge < -0.3 is 10.6 Å². The van der Waals surface area contributed by atoms with Gasteiger partial charge in [0, 0.05) is 12.5 Å². The van der Waals surface area contributed by atoms with Crippen molar-refractivity contribution in [1.82, 2.24) is 10.6 Å². The van der Waals surface area contributed by atoms with Crippen LogP contribution in [-0.2, 0) is 4.79 Å². The van der Waals surface area contributed by atoms with E-state index in [9.17, 15) is 4.79 Å². The van der Waals surface area contributed by atoms with Gasteiger partial charge in [0.25, 0.3) is 0 Å². The van der Waals surface area contributed by atoms with Crippen molar-refractivity contribution in [3.8, 4) is 0 Å². The highest BCUT2D eigenvalue weighted by molar-refractivity contribution is 5.78. The fourth-order valence-electron chi connectivity index (χ4n) is 2.50. The maximum atomic E-state index is 11.8. The zero-order valence-corrected chi connectivity index (χ0v) is 9.59. The van der Waals surface area contributed by atoms with Gasteiger partial charge in [-0.3, -0.25) is 4.79 Å². The zero-order valence-electron chi connectivity index (χ0n) is 9.59. The van der Waals surface area contributed by atoms with Crippen LogP contribution in [-0.4, -0.2) is 25.5 Å². The van der Waals surface area contributed by atoms with Crippen LogP contribution in [0, 0.1) is 17.8 Å². The summed E-state index contributed by atoms with van der Waals surface area (Å²) < 4.78 is 0. The van der Waals surface area contributed by atoms with Gasteiger partial charge in [-0.25, -0.2) is 0 Å². The molecule has 1 heterocycles. The predicted octanol–water partition coefficient (Wildman–Crippen LogP) is 1.15. The molecule has 1 atom stereocenters. The van der Waals surface area contributed by atoms with Crippen LogP contribution in [0.25, 0.3) is 0 Å². The van der Waals surface area contributed by atoms with Gasteiger partial charge in [-0.05, 0) is 37.8 Å². The Morgan fingerprint density at radius 3 is 2.60 bits per heavy atom. The molecule has 0 aromatic carbocycles. The van der Waals surface area contributed by atoms with Crippen molar-refractivity contribution in [3.05, 3.63) is 0 Å². The highest BCUT2D eigenvalue weighted by atomic mass is 16.1. The van der Waals surface area contributed by atoms with Gasteiger partial charge in [-0.15, -0.1) is 0 Å². The average Bonchev–Trinajstić information content (AvgIpc) is 2.63. The number of hydrogen-bond donors (Lipinski definition) is 2. The van der Waals surface area contributed by atoms with E-state index in [2.05, 4.69) is 17.6 Å². The van der Waals surface area contributed by atoms with Crippen LogP contribution in [0.1, 0.15) is 32.6 Å². The summed E-state index contributed by atoms with van der Waals surface area (Å²) in [6, 6.07) is 0. The Bertz CT molecular complexity index is 220. The first kappa shape index (κ1) is 10.9. The monoisotopic (exact) mass is 210 g/mol. The second-order valence-corrected chi connectivity index (χ2v) is 5.10. The van der Waals surface area contributed by atoms with E-state index in [1.165, 1.54) is 25.7 Å². The van der Waals surface area contributed by atoms with Crippen molar-refractivity contribution < 1.29 is 4.79 Å². The third kappa shape index (κ3) is 2.71. The topological polar surface area (TPSA) is 41.1 Å². The molecule has 0 bridgehead atoms. The molecule has 1 unspecified atom stereocenters. The van der Waals surface area contributed by atoms with E-state index in [-0.39, 0.29) is 11.8 Å². The molecule has 2 N–H and O–H groups in total. The molecule has 1 saturated carbocycles. The van der Waals surface area contributed by atoms with Gasteiger partial charge in [0.2, 0.25) is 5.91 Å². The van der Waals surface area contributed by atoms with E-state index in [0.717, 1.165) is 25.6 Å². The minimum atomic E-state index is 0.188. The van der Waals surface area contributed by atoms with Crippen molar-refractivity contribution in [2.24, 2.45) is 17.8 Å². The van der Waals surface area contributed by atoms with Gasteiger partial charge >= 0.3 is 0 Å². The minimum absolute atomic E-state index is 0.188. The maximum absolute atomic E-state index is 11.8. The summed E-state index contributed by atoms with van der Waals surface area (Å²) in [5.41, 5.74) is 0. The SMILES string of the molecule is CC(C(=O)NCC1CCCC1)C1CNC1. The standard InChI is InChI=1S/C12H22N2O/c1-9(11-7-13-8-11)12(15)14-6-10-4-2-3-5-10/h9-11,13H,2-8H2,1H3,(H,14,15). The third-order valence-electron chi connectivity index (χ3n) is 3.97. The first-order valence-corrected chi connectivity index (χ1v) is 6.26. The van der Waals surface area contributed by atoms with Crippen molar-refractivity contribution >= 4 is 5.91 Å². The third-order valence-corrected chi connectivity index (χ3v) is 3.97. The van der Waals surface area contributed by atoms with Crippen LogP contribution in [0.3, 0.4) is 0 Å². The Kier molecular flexibility index (Phi) is 3.62. The fourth-order valence-corrected chi connectivity index (χ4v) is 2.50. The maximum Gasteiger partial charge on any atom is 0.223 e. The van der Waals surface area contributed by atoms with E-state index < -0.39 is 0 Å². The molecule has 3 nitrogen and oxygen atoms in total. The molecule has 86 valence electrons. The summed E-state index contributed by atoms with van der Waals surface area (Å²) in [5.74, 6) is 1.76. The summed E-state index contributed by atoms with van der Waals surface area (Å²) in [5, 5.41) is 6.32. The largest absolute Gasteiger partial charge is 0.356 e. The van der Waals surface area contributed by atoms with Crippen LogP contribution in [0.2, 0.25) is 0 Å². The van der Waals surface area contributed by atoms with Crippen molar-refractivity contribution in [3.63, 3.8) is 0 Å². The van der Waals surface area contributed by atoms with Gasteiger partial charge in [0.1, 0.15) is 0 Å². The molecule has 1 aliphatic carbocycles. The molecule has 1 aliphatic heterocycles. The van der Waals surface area contributed by atoms with Crippen LogP contribution in [0.15, 0.2) is 0 Å². The number of carbonyl (C=O) groups is 1. The highest BCUT2D eigenvalue weighted by Gasteiger charge is 2.28. The molecule has 3 heteroatoms. The molecule has 2 fully saturated rings. The lowest BCUT2D eigenvalue weighted by Crippen LogP contribution is -2.50. The minimum Gasteiger partial charge on any atom is -0.356 e. The molecule has 1 amide bonds. The molecule has 2 rings (SSSR count). The van der Waals surface area contributed by atoms with Crippen molar-refractivity contribution in [1.29, 1.82) is 0 Å². The molecule has 2 aliphatic rings. The Hall–Kier alpha value is -0.570. The van der Waals surface area contributed by atoms with Crippen LogP contribution >= 0.6 is 0 Å². The molecule has 1 saturated heterocycles. The molecular weight excluding hydrogens is 188 g/mol. The number of amides is 1. The summed E-state index contributed by atoms with van der Waals surface area (Å²) in [6.45, 7) is 4.98. The first-order valence-electron chi connectivity index (χ1n) is 6.26. The van der Waals surface area contributed by atoms with E-state index in [0.29, 0.717) is 5.92 Å². The number of carbonyl (C=O) groups excluding carboxylic acids is 1. The molecule has 15 heavy (non-hydrogen) atoms. The van der Waals surface area contributed by atoms with Crippen LogP contribution < -0.4 is 10.6 Å². The smallest absolute Gasteiger partial charge is 0.223 e. The second-order valence-electron chi connectivity index (χ2n) is 5.10. The van der Waals surface area contributed by atoms with E-state index >= 15 is 0 Å². The van der Waals surface area contributed by atoms with Gasteiger partial charge in [-0.1, -0.05) is 19.8 Å². The lowest BCUT2D eigenvalue weighted by atomic mass is 9.88. The Morgan fingerprint density at radius 2 is 2.07 bits per heavy atom.